The van der Waals surface area contributed by atoms with Crippen molar-refractivity contribution in [2.24, 2.45) is 33.5 Å². The maximum Gasteiger partial charge on any atom is 0.322 e. The molecule has 0 aromatic heterocycles. The van der Waals surface area contributed by atoms with E-state index in [4.69, 9.17) is 4.74 Å². The standard InChI is InChI=1S/C48H50F2N2O5/c1-44-20-17-34(53)26-46(44)23-24-48(37(27-46)42(54)31-11-16-38(49)39(50)25-31)40(44)18-21-45(2)41(48)19-22-47(45,56)29-52(43(55)51-33-12-14-35(57-3)15-13-33)28-32-9-6-8-30-7-4-5-10-36(30)32/h4-16,23-25,27,34,40-41,53,56H,17-22,26,28-29H2,1-3H3,(H,51,55)/t34?,40-,41-,44-,45+,46+,47-,48-/m1/s1. The zero-order chi connectivity index (χ0) is 40.0. The van der Waals surface area contributed by atoms with E-state index in [1.165, 1.54) is 6.07 Å². The molecule has 7 nitrogen and oxygen atoms in total. The third kappa shape index (κ3) is 5.55. The van der Waals surface area contributed by atoms with Crippen LogP contribution in [0.1, 0.15) is 74.7 Å². The third-order valence-electron chi connectivity index (χ3n) is 15.5. The van der Waals surface area contributed by atoms with E-state index in [0.717, 1.165) is 41.3 Å². The van der Waals surface area contributed by atoms with Gasteiger partial charge in [-0.05, 0) is 121 Å². The normalized spacial score (nSPS) is 33.5. The molecule has 0 aliphatic heterocycles. The van der Waals surface area contributed by atoms with Gasteiger partial charge in [-0.2, -0.15) is 0 Å². The van der Waals surface area contributed by atoms with Gasteiger partial charge in [0.2, 0.25) is 0 Å². The minimum Gasteiger partial charge on any atom is -0.497 e. The van der Waals surface area contributed by atoms with E-state index >= 15 is 0 Å². The van der Waals surface area contributed by atoms with Gasteiger partial charge in [-0.25, -0.2) is 13.6 Å². The molecular weight excluding hydrogens is 723 g/mol. The number of aliphatic hydroxyl groups excluding tert-OH is 1. The first-order valence-electron chi connectivity index (χ1n) is 20.3. The fourth-order valence-corrected chi connectivity index (χ4v) is 12.4. The Hall–Kier alpha value is -4.86. The molecule has 4 aromatic rings. The van der Waals surface area contributed by atoms with Gasteiger partial charge in [0.15, 0.2) is 17.4 Å². The lowest BCUT2D eigenvalue weighted by molar-refractivity contribution is -0.174. The number of carbonyl (C=O) groups excluding carboxylic acids is 2. The van der Waals surface area contributed by atoms with Crippen molar-refractivity contribution in [1.82, 2.24) is 4.90 Å². The number of aliphatic hydroxyl groups is 2. The number of hydrogen-bond acceptors (Lipinski definition) is 5. The number of hydrogen-bond donors (Lipinski definition) is 3. The molecule has 2 spiro atoms. The average molecular weight is 773 g/mol. The van der Waals surface area contributed by atoms with Crippen molar-refractivity contribution in [3.05, 3.63) is 131 Å². The summed E-state index contributed by atoms with van der Waals surface area (Å²) < 4.78 is 34.2. The molecule has 8 atom stereocenters. The predicted octanol–water partition coefficient (Wildman–Crippen LogP) is 9.63. The summed E-state index contributed by atoms with van der Waals surface area (Å²) in [6.45, 7) is 4.74. The second kappa shape index (κ2) is 13.3. The summed E-state index contributed by atoms with van der Waals surface area (Å²) in [5, 5.41) is 29.4. The summed E-state index contributed by atoms with van der Waals surface area (Å²) in [5.74, 6) is -1.95. The Morgan fingerprint density at radius 1 is 0.860 bits per heavy atom. The van der Waals surface area contributed by atoms with Gasteiger partial charge in [-0.1, -0.05) is 74.5 Å². The van der Waals surface area contributed by atoms with Crippen LogP contribution < -0.4 is 10.1 Å². The number of ether oxygens (including phenoxy) is 1. The van der Waals surface area contributed by atoms with Gasteiger partial charge in [0, 0.05) is 39.6 Å². The highest BCUT2D eigenvalue weighted by Crippen LogP contribution is 2.78. The highest BCUT2D eigenvalue weighted by Gasteiger charge is 2.74. The van der Waals surface area contributed by atoms with Crippen LogP contribution in [0.5, 0.6) is 5.75 Å². The highest BCUT2D eigenvalue weighted by molar-refractivity contribution is 6.10. The van der Waals surface area contributed by atoms with Crippen molar-refractivity contribution in [3.8, 4) is 5.75 Å². The molecule has 2 amide bonds. The van der Waals surface area contributed by atoms with Gasteiger partial charge < -0.3 is 25.2 Å². The average Bonchev–Trinajstić information content (AvgIpc) is 3.48. The zero-order valence-electron chi connectivity index (χ0n) is 32.7. The summed E-state index contributed by atoms with van der Waals surface area (Å²) in [7, 11) is 1.59. The fraction of sp³-hybridized carbons (Fsp3) is 0.417. The minimum absolute atomic E-state index is 0.0160. The molecule has 4 aromatic carbocycles. The van der Waals surface area contributed by atoms with Crippen molar-refractivity contribution in [1.29, 1.82) is 0 Å². The molecular formula is C48H50F2N2O5. The number of ketones is 1. The summed E-state index contributed by atoms with van der Waals surface area (Å²) in [6, 6.07) is 24.3. The molecule has 9 heteroatoms. The van der Waals surface area contributed by atoms with E-state index in [9.17, 15) is 28.6 Å². The highest BCUT2D eigenvalue weighted by atomic mass is 19.2. The Morgan fingerprint density at radius 3 is 2.35 bits per heavy atom. The van der Waals surface area contributed by atoms with Gasteiger partial charge >= 0.3 is 6.03 Å². The monoisotopic (exact) mass is 772 g/mol. The summed E-state index contributed by atoms with van der Waals surface area (Å²) in [5.41, 5.74) is -1.52. The van der Waals surface area contributed by atoms with Crippen molar-refractivity contribution in [2.75, 3.05) is 19.0 Å². The molecule has 2 bridgehead atoms. The minimum atomic E-state index is -1.33. The number of benzene rings is 4. The smallest absolute Gasteiger partial charge is 0.322 e. The van der Waals surface area contributed by atoms with Crippen LogP contribution in [0.25, 0.3) is 10.8 Å². The number of nitrogens with one attached hydrogen (secondary N) is 1. The first kappa shape index (κ1) is 37.7. The van der Waals surface area contributed by atoms with Gasteiger partial charge in [0.25, 0.3) is 0 Å². The second-order valence-electron chi connectivity index (χ2n) is 17.9. The molecule has 0 heterocycles. The van der Waals surface area contributed by atoms with Crippen molar-refractivity contribution in [2.45, 2.75) is 77.0 Å². The Balaban J connectivity index is 1.12. The van der Waals surface area contributed by atoms with Crippen LogP contribution in [-0.4, -0.2) is 52.3 Å². The molecule has 6 aliphatic rings. The SMILES string of the molecule is COc1ccc(NC(=O)N(Cc2cccc3ccccc23)C[C@]2(O)CC[C@H]3[C@]45C=C[C@@]6(C=C4C(=O)c4ccc(F)c(F)c4)CC(O)CC[C@]6(C)[C@H]5CC[C@@]32C)cc1. The Labute approximate surface area is 332 Å². The summed E-state index contributed by atoms with van der Waals surface area (Å²) in [4.78, 5) is 31.0. The Morgan fingerprint density at radius 2 is 1.58 bits per heavy atom. The zero-order valence-corrected chi connectivity index (χ0v) is 32.7. The number of carbonyl (C=O) groups is 2. The number of methoxy groups -OCH3 is 1. The second-order valence-corrected chi connectivity index (χ2v) is 17.9. The molecule has 3 saturated carbocycles. The van der Waals surface area contributed by atoms with Crippen molar-refractivity contribution in [3.63, 3.8) is 0 Å². The maximum absolute atomic E-state index is 14.8. The largest absolute Gasteiger partial charge is 0.497 e. The lowest BCUT2D eigenvalue weighted by atomic mass is 9.32. The molecule has 6 aliphatic carbocycles. The number of halogens is 2. The molecule has 0 radical (unpaired) electrons. The summed E-state index contributed by atoms with van der Waals surface area (Å²) in [6.07, 6.45) is 10.3. The van der Waals surface area contributed by atoms with Crippen molar-refractivity contribution < 1.29 is 33.3 Å². The van der Waals surface area contributed by atoms with E-state index in [0.29, 0.717) is 49.1 Å². The van der Waals surface area contributed by atoms with Crippen LogP contribution in [0.4, 0.5) is 19.3 Å². The van der Waals surface area contributed by atoms with Gasteiger partial charge in [0.05, 0.1) is 25.4 Å². The number of amides is 2. The van der Waals surface area contributed by atoms with Crippen LogP contribution in [-0.2, 0) is 6.54 Å². The first-order chi connectivity index (χ1) is 27.3. The third-order valence-corrected chi connectivity index (χ3v) is 15.5. The molecule has 1 unspecified atom stereocenters. The predicted molar refractivity (Wildman–Crippen MR) is 216 cm³/mol. The topological polar surface area (TPSA) is 99.1 Å². The van der Waals surface area contributed by atoms with Crippen LogP contribution in [0, 0.1) is 45.1 Å². The van der Waals surface area contributed by atoms with E-state index in [2.05, 4.69) is 37.4 Å². The number of rotatable bonds is 8. The van der Waals surface area contributed by atoms with Crippen LogP contribution in [0.2, 0.25) is 0 Å². The first-order valence-corrected chi connectivity index (χ1v) is 20.3. The molecule has 57 heavy (non-hydrogen) atoms. The number of nitrogens with zero attached hydrogens (tertiary/aromatic N) is 1. The van der Waals surface area contributed by atoms with E-state index < -0.39 is 39.6 Å². The molecule has 296 valence electrons. The number of anilines is 1. The molecule has 10 rings (SSSR count). The van der Waals surface area contributed by atoms with Gasteiger partial charge in [-0.3, -0.25) is 4.79 Å². The number of urea groups is 1. The Bertz CT molecular complexity index is 2340. The Kier molecular flexibility index (Phi) is 8.83. The lowest BCUT2D eigenvalue weighted by Gasteiger charge is -2.71. The van der Waals surface area contributed by atoms with Gasteiger partial charge in [0.1, 0.15) is 5.75 Å². The summed E-state index contributed by atoms with van der Waals surface area (Å²) >= 11 is 0. The number of allylic oxidation sites excluding steroid dienone is 4. The number of Topliss-reactive ketones (excluding diaryl/α,β-unsaturated/α-hetero) is 1. The van der Waals surface area contributed by atoms with Crippen LogP contribution in [0.15, 0.2) is 109 Å². The maximum atomic E-state index is 14.8. The molecule has 3 fully saturated rings. The number of fused-ring (bicyclic) bond motifs is 2. The molecule has 3 N–H and O–H groups in total. The quantitative estimate of drug-likeness (QED) is 0.122. The van der Waals surface area contributed by atoms with Crippen molar-refractivity contribution >= 4 is 28.3 Å². The lowest BCUT2D eigenvalue weighted by Crippen LogP contribution is -2.67. The van der Waals surface area contributed by atoms with E-state index in [1.54, 1.807) is 36.3 Å². The van der Waals surface area contributed by atoms with E-state index in [-0.39, 0.29) is 47.7 Å². The molecule has 0 saturated heterocycles. The van der Waals surface area contributed by atoms with Gasteiger partial charge in [-0.15, -0.1) is 0 Å². The fourth-order valence-electron chi connectivity index (χ4n) is 12.4. The van der Waals surface area contributed by atoms with E-state index in [1.807, 2.05) is 42.5 Å². The van der Waals surface area contributed by atoms with Crippen LogP contribution >= 0.6 is 0 Å². The van der Waals surface area contributed by atoms with Crippen LogP contribution in [0.3, 0.4) is 0 Å².